The minimum Gasteiger partial charge on any atom is -0.497 e. The van der Waals surface area contributed by atoms with E-state index in [0.717, 1.165) is 17.0 Å². The molecule has 0 bridgehead atoms. The molecule has 1 heterocycles. The van der Waals surface area contributed by atoms with Gasteiger partial charge in [0.15, 0.2) is 0 Å². The monoisotopic (exact) mass is 512 g/mol. The molecule has 0 unspecified atom stereocenters. The number of carbonyl (C=O) groups excluding carboxylic acids is 2. The van der Waals surface area contributed by atoms with Crippen LogP contribution in [0, 0.1) is 5.92 Å². The number of hydrogen-bond acceptors (Lipinski definition) is 5. The third-order valence-corrected chi connectivity index (χ3v) is 5.89. The number of nitrogens with one attached hydrogen (secondary N) is 1. The Kier molecular flexibility index (Phi) is 8.43. The molecule has 8 heteroatoms. The lowest BCUT2D eigenvalue weighted by molar-refractivity contribution is -0.117. The SMILES string of the molecule is COc1ccc(-n2nc(-c3ccccc3)cc2NC(=O)CN(CC(C)C)C(=O)c2cccc(OC)c2)cc1. The van der Waals surface area contributed by atoms with Crippen molar-refractivity contribution in [2.75, 3.05) is 32.6 Å². The van der Waals surface area contributed by atoms with E-state index in [-0.39, 0.29) is 24.3 Å². The van der Waals surface area contributed by atoms with Gasteiger partial charge < -0.3 is 19.7 Å². The molecular weight excluding hydrogens is 480 g/mol. The number of amides is 2. The largest absolute Gasteiger partial charge is 0.497 e. The number of anilines is 1. The van der Waals surface area contributed by atoms with Gasteiger partial charge in [-0.1, -0.05) is 50.2 Å². The average molecular weight is 513 g/mol. The molecule has 0 aliphatic carbocycles. The fraction of sp³-hybridized carbons (Fsp3) is 0.233. The molecule has 0 saturated carbocycles. The van der Waals surface area contributed by atoms with Crippen molar-refractivity contribution < 1.29 is 19.1 Å². The second kappa shape index (κ2) is 12.1. The van der Waals surface area contributed by atoms with Crippen LogP contribution in [0.25, 0.3) is 16.9 Å². The van der Waals surface area contributed by atoms with Gasteiger partial charge in [0.25, 0.3) is 5.91 Å². The van der Waals surface area contributed by atoms with Crippen LogP contribution in [-0.4, -0.2) is 53.8 Å². The summed E-state index contributed by atoms with van der Waals surface area (Å²) in [6.45, 7) is 4.34. The highest BCUT2D eigenvalue weighted by Crippen LogP contribution is 2.26. The molecule has 4 rings (SSSR count). The fourth-order valence-electron chi connectivity index (χ4n) is 4.09. The van der Waals surface area contributed by atoms with Crippen molar-refractivity contribution in [3.05, 3.63) is 90.5 Å². The second-order valence-corrected chi connectivity index (χ2v) is 9.25. The first-order chi connectivity index (χ1) is 18.4. The fourth-order valence-corrected chi connectivity index (χ4v) is 4.09. The maximum absolute atomic E-state index is 13.3. The van der Waals surface area contributed by atoms with Gasteiger partial charge in [0.1, 0.15) is 23.9 Å². The van der Waals surface area contributed by atoms with Crippen LogP contribution in [0.2, 0.25) is 0 Å². The van der Waals surface area contributed by atoms with Crippen molar-refractivity contribution in [3.8, 4) is 28.4 Å². The topological polar surface area (TPSA) is 85.7 Å². The summed E-state index contributed by atoms with van der Waals surface area (Å²) in [5.41, 5.74) is 2.86. The van der Waals surface area contributed by atoms with Gasteiger partial charge in [0, 0.05) is 23.7 Å². The van der Waals surface area contributed by atoms with Gasteiger partial charge in [-0.05, 0) is 48.4 Å². The molecule has 8 nitrogen and oxygen atoms in total. The average Bonchev–Trinajstić information content (AvgIpc) is 3.36. The van der Waals surface area contributed by atoms with E-state index < -0.39 is 0 Å². The summed E-state index contributed by atoms with van der Waals surface area (Å²) in [5.74, 6) is 1.42. The molecule has 2 amide bonds. The molecular formula is C30H32N4O4. The van der Waals surface area contributed by atoms with Gasteiger partial charge in [-0.25, -0.2) is 4.68 Å². The van der Waals surface area contributed by atoms with E-state index in [1.807, 2.05) is 74.5 Å². The highest BCUT2D eigenvalue weighted by molar-refractivity contribution is 5.99. The third kappa shape index (κ3) is 6.39. The zero-order valence-electron chi connectivity index (χ0n) is 22.0. The van der Waals surface area contributed by atoms with E-state index in [1.165, 1.54) is 0 Å². The summed E-state index contributed by atoms with van der Waals surface area (Å²) in [4.78, 5) is 28.2. The highest BCUT2D eigenvalue weighted by Gasteiger charge is 2.22. The highest BCUT2D eigenvalue weighted by atomic mass is 16.5. The van der Waals surface area contributed by atoms with Gasteiger partial charge in [0.2, 0.25) is 5.91 Å². The van der Waals surface area contributed by atoms with Gasteiger partial charge in [-0.3, -0.25) is 9.59 Å². The summed E-state index contributed by atoms with van der Waals surface area (Å²) < 4.78 is 12.2. The summed E-state index contributed by atoms with van der Waals surface area (Å²) in [7, 11) is 3.16. The standard InChI is InChI=1S/C30H32N4O4/c1-21(2)19-33(30(36)23-11-8-12-26(17-23)38-4)20-29(35)31-28-18-27(22-9-6-5-7-10-22)32-34(28)24-13-15-25(37-3)16-14-24/h5-18,21H,19-20H2,1-4H3,(H,31,35). The Morgan fingerprint density at radius 2 is 1.61 bits per heavy atom. The van der Waals surface area contributed by atoms with Gasteiger partial charge >= 0.3 is 0 Å². The Labute approximate surface area is 222 Å². The Hall–Kier alpha value is -4.59. The van der Waals surface area contributed by atoms with Crippen molar-refractivity contribution in [1.82, 2.24) is 14.7 Å². The molecule has 0 atom stereocenters. The molecule has 1 N–H and O–H groups in total. The van der Waals surface area contributed by atoms with Crippen molar-refractivity contribution in [3.63, 3.8) is 0 Å². The summed E-state index contributed by atoms with van der Waals surface area (Å²) in [6, 6.07) is 25.9. The Morgan fingerprint density at radius 1 is 0.895 bits per heavy atom. The Morgan fingerprint density at radius 3 is 2.26 bits per heavy atom. The minimum absolute atomic E-state index is 0.108. The van der Waals surface area contributed by atoms with Crippen LogP contribution in [0.15, 0.2) is 84.9 Å². The van der Waals surface area contributed by atoms with E-state index in [0.29, 0.717) is 29.4 Å². The molecule has 0 saturated heterocycles. The van der Waals surface area contributed by atoms with E-state index in [2.05, 4.69) is 5.32 Å². The zero-order valence-corrected chi connectivity index (χ0v) is 22.0. The molecule has 38 heavy (non-hydrogen) atoms. The van der Waals surface area contributed by atoms with E-state index in [1.54, 1.807) is 48.1 Å². The smallest absolute Gasteiger partial charge is 0.254 e. The van der Waals surface area contributed by atoms with Crippen molar-refractivity contribution >= 4 is 17.6 Å². The van der Waals surface area contributed by atoms with Crippen LogP contribution < -0.4 is 14.8 Å². The van der Waals surface area contributed by atoms with E-state index in [9.17, 15) is 9.59 Å². The Balaban J connectivity index is 1.61. The van der Waals surface area contributed by atoms with E-state index in [4.69, 9.17) is 14.6 Å². The molecule has 4 aromatic rings. The van der Waals surface area contributed by atoms with Crippen LogP contribution in [0.1, 0.15) is 24.2 Å². The predicted octanol–water partition coefficient (Wildman–Crippen LogP) is 5.29. The molecule has 0 spiro atoms. The molecule has 0 radical (unpaired) electrons. The Bertz CT molecular complexity index is 1380. The van der Waals surface area contributed by atoms with Crippen LogP contribution >= 0.6 is 0 Å². The number of nitrogens with zero attached hydrogens (tertiary/aromatic N) is 3. The molecule has 3 aromatic carbocycles. The van der Waals surface area contributed by atoms with Crippen molar-refractivity contribution in [1.29, 1.82) is 0 Å². The number of hydrogen-bond donors (Lipinski definition) is 1. The summed E-state index contributed by atoms with van der Waals surface area (Å²) >= 11 is 0. The zero-order chi connectivity index (χ0) is 27.1. The van der Waals surface area contributed by atoms with Crippen LogP contribution in [0.5, 0.6) is 11.5 Å². The van der Waals surface area contributed by atoms with E-state index >= 15 is 0 Å². The van der Waals surface area contributed by atoms with Crippen molar-refractivity contribution in [2.45, 2.75) is 13.8 Å². The quantitative estimate of drug-likeness (QED) is 0.312. The van der Waals surface area contributed by atoms with Gasteiger partial charge in [-0.2, -0.15) is 5.10 Å². The minimum atomic E-state index is -0.323. The lowest BCUT2D eigenvalue weighted by atomic mass is 10.1. The number of benzene rings is 3. The molecule has 196 valence electrons. The number of rotatable bonds is 10. The molecule has 0 aliphatic rings. The lowest BCUT2D eigenvalue weighted by Crippen LogP contribution is -2.40. The third-order valence-electron chi connectivity index (χ3n) is 5.89. The van der Waals surface area contributed by atoms with Gasteiger partial charge in [0.05, 0.1) is 25.6 Å². The first-order valence-corrected chi connectivity index (χ1v) is 12.4. The maximum Gasteiger partial charge on any atom is 0.254 e. The lowest BCUT2D eigenvalue weighted by Gasteiger charge is -2.24. The maximum atomic E-state index is 13.3. The number of methoxy groups -OCH3 is 2. The predicted molar refractivity (Wildman–Crippen MR) is 148 cm³/mol. The number of carbonyl (C=O) groups is 2. The molecule has 0 aliphatic heterocycles. The van der Waals surface area contributed by atoms with Gasteiger partial charge in [-0.15, -0.1) is 0 Å². The van der Waals surface area contributed by atoms with Crippen LogP contribution in [-0.2, 0) is 4.79 Å². The summed E-state index contributed by atoms with van der Waals surface area (Å²) in [6.07, 6.45) is 0. The van der Waals surface area contributed by atoms with Crippen LogP contribution in [0.3, 0.4) is 0 Å². The normalized spacial score (nSPS) is 10.8. The van der Waals surface area contributed by atoms with Crippen LogP contribution in [0.4, 0.5) is 5.82 Å². The number of ether oxygens (including phenoxy) is 2. The molecule has 0 fully saturated rings. The van der Waals surface area contributed by atoms with Crippen molar-refractivity contribution in [2.24, 2.45) is 5.92 Å². The first-order valence-electron chi connectivity index (χ1n) is 12.4. The number of aromatic nitrogens is 2. The summed E-state index contributed by atoms with van der Waals surface area (Å²) in [5, 5.41) is 7.73. The first kappa shape index (κ1) is 26.5. The molecule has 1 aromatic heterocycles. The second-order valence-electron chi connectivity index (χ2n) is 9.25.